The minimum atomic E-state index is -4.45. The first-order valence-corrected chi connectivity index (χ1v) is 12.2. The van der Waals surface area contributed by atoms with Crippen LogP contribution in [0.15, 0.2) is 24.7 Å². The zero-order valence-electron chi connectivity index (χ0n) is 19.6. The summed E-state index contributed by atoms with van der Waals surface area (Å²) >= 11 is 0. The fourth-order valence-corrected chi connectivity index (χ4v) is 5.10. The molecule has 2 saturated heterocycles. The highest BCUT2D eigenvalue weighted by atomic mass is 19.4. The summed E-state index contributed by atoms with van der Waals surface area (Å²) in [5.74, 6) is 1.57. The summed E-state index contributed by atoms with van der Waals surface area (Å²) in [7, 11) is 2.19. The molecular weight excluding hydrogens is 443 g/mol. The molecule has 1 N–H and O–H groups in total. The number of pyridine rings is 1. The van der Waals surface area contributed by atoms with Crippen LogP contribution in [0.2, 0.25) is 0 Å². The van der Waals surface area contributed by atoms with Gasteiger partial charge < -0.3 is 15.1 Å². The molecule has 0 spiro atoms. The molecule has 2 aromatic rings. The van der Waals surface area contributed by atoms with Crippen molar-refractivity contribution in [3.05, 3.63) is 35.8 Å². The first kappa shape index (κ1) is 23.3. The number of halogens is 3. The lowest BCUT2D eigenvalue weighted by molar-refractivity contribution is -0.138. The SMILES string of the molecule is CN1CCN(C2CCN(c3cc(C4CCC4)c(Nc4ncc(C(F)(F)F)cn4)cn3)CC2)CC1. The highest BCUT2D eigenvalue weighted by Crippen LogP contribution is 2.41. The van der Waals surface area contributed by atoms with E-state index in [2.05, 4.69) is 43.1 Å². The molecule has 7 nitrogen and oxygen atoms in total. The number of nitrogens with one attached hydrogen (secondary N) is 1. The Labute approximate surface area is 198 Å². The van der Waals surface area contributed by atoms with Crippen molar-refractivity contribution in [3.63, 3.8) is 0 Å². The van der Waals surface area contributed by atoms with Crippen molar-refractivity contribution in [3.8, 4) is 0 Å². The van der Waals surface area contributed by atoms with Crippen LogP contribution in [-0.4, -0.2) is 77.1 Å². The van der Waals surface area contributed by atoms with E-state index in [1.54, 1.807) is 6.20 Å². The van der Waals surface area contributed by atoms with Gasteiger partial charge in [-0.15, -0.1) is 0 Å². The van der Waals surface area contributed by atoms with E-state index in [1.165, 1.54) is 6.42 Å². The molecular formula is C24H32F3N7. The van der Waals surface area contributed by atoms with Gasteiger partial charge in [-0.1, -0.05) is 6.42 Å². The van der Waals surface area contributed by atoms with Crippen LogP contribution in [0.25, 0.3) is 0 Å². The zero-order chi connectivity index (χ0) is 23.7. The number of rotatable bonds is 5. The predicted octanol–water partition coefficient (Wildman–Crippen LogP) is 4.12. The third-order valence-corrected chi connectivity index (χ3v) is 7.53. The van der Waals surface area contributed by atoms with Crippen LogP contribution in [-0.2, 0) is 6.18 Å². The molecule has 0 atom stereocenters. The predicted molar refractivity (Wildman–Crippen MR) is 125 cm³/mol. The van der Waals surface area contributed by atoms with Gasteiger partial charge in [-0.25, -0.2) is 15.0 Å². The van der Waals surface area contributed by atoms with Crippen LogP contribution < -0.4 is 10.2 Å². The van der Waals surface area contributed by atoms with Gasteiger partial charge in [0.25, 0.3) is 0 Å². The smallest absolute Gasteiger partial charge is 0.356 e. The van der Waals surface area contributed by atoms with Gasteiger partial charge >= 0.3 is 6.18 Å². The number of hydrogen-bond donors (Lipinski definition) is 1. The average molecular weight is 476 g/mol. The Morgan fingerprint density at radius 1 is 0.882 bits per heavy atom. The number of nitrogens with zero attached hydrogens (tertiary/aromatic N) is 6. The summed E-state index contributed by atoms with van der Waals surface area (Å²) in [6, 6.07) is 2.81. The van der Waals surface area contributed by atoms with Crippen molar-refractivity contribution in [2.75, 3.05) is 56.5 Å². The van der Waals surface area contributed by atoms with Crippen molar-refractivity contribution in [1.82, 2.24) is 24.8 Å². The maximum atomic E-state index is 12.8. The van der Waals surface area contributed by atoms with Crippen molar-refractivity contribution in [2.24, 2.45) is 0 Å². The Morgan fingerprint density at radius 3 is 2.15 bits per heavy atom. The molecule has 3 fully saturated rings. The van der Waals surface area contributed by atoms with Crippen molar-refractivity contribution >= 4 is 17.5 Å². The molecule has 3 aliphatic rings. The number of aromatic nitrogens is 3. The number of anilines is 3. The Kier molecular flexibility index (Phi) is 6.61. The fourth-order valence-electron chi connectivity index (χ4n) is 5.10. The second kappa shape index (κ2) is 9.65. The molecule has 2 aromatic heterocycles. The first-order valence-electron chi connectivity index (χ1n) is 12.2. The van der Waals surface area contributed by atoms with E-state index < -0.39 is 11.7 Å². The van der Waals surface area contributed by atoms with Gasteiger partial charge in [-0.2, -0.15) is 13.2 Å². The van der Waals surface area contributed by atoms with Crippen LogP contribution in [0.4, 0.5) is 30.6 Å². The molecule has 1 aliphatic carbocycles. The summed E-state index contributed by atoms with van der Waals surface area (Å²) < 4.78 is 38.5. The molecule has 5 rings (SSSR count). The summed E-state index contributed by atoms with van der Waals surface area (Å²) in [5, 5.41) is 3.10. The van der Waals surface area contributed by atoms with Gasteiger partial charge in [0.15, 0.2) is 0 Å². The van der Waals surface area contributed by atoms with Crippen molar-refractivity contribution < 1.29 is 13.2 Å². The van der Waals surface area contributed by atoms with Crippen LogP contribution in [0, 0.1) is 0 Å². The molecule has 10 heteroatoms. The van der Waals surface area contributed by atoms with Gasteiger partial charge in [0, 0.05) is 57.7 Å². The van der Waals surface area contributed by atoms with Crippen molar-refractivity contribution in [2.45, 2.75) is 50.2 Å². The Hall–Kier alpha value is -2.46. The molecule has 0 bridgehead atoms. The van der Waals surface area contributed by atoms with Gasteiger partial charge in [0.2, 0.25) is 5.95 Å². The topological polar surface area (TPSA) is 60.4 Å². The van der Waals surface area contributed by atoms with E-state index in [0.29, 0.717) is 12.0 Å². The maximum Gasteiger partial charge on any atom is 0.419 e. The van der Waals surface area contributed by atoms with E-state index in [9.17, 15) is 13.2 Å². The number of piperazine rings is 1. The largest absolute Gasteiger partial charge is 0.419 e. The zero-order valence-corrected chi connectivity index (χ0v) is 19.6. The van der Waals surface area contributed by atoms with E-state index in [4.69, 9.17) is 4.98 Å². The summed E-state index contributed by atoms with van der Waals surface area (Å²) in [6.07, 6.45) is 4.65. The molecule has 0 unspecified atom stereocenters. The Balaban J connectivity index is 1.27. The fraction of sp³-hybridized carbons (Fsp3) is 0.625. The molecule has 1 saturated carbocycles. The number of piperidine rings is 1. The normalized spacial score (nSPS) is 21.5. The number of alkyl halides is 3. The Bertz CT molecular complexity index is 962. The summed E-state index contributed by atoms with van der Waals surface area (Å²) in [6.45, 7) is 6.56. The second-order valence-corrected chi connectivity index (χ2v) is 9.73. The van der Waals surface area contributed by atoms with Crippen LogP contribution in [0.5, 0.6) is 0 Å². The lowest BCUT2D eigenvalue weighted by Gasteiger charge is -2.42. The third-order valence-electron chi connectivity index (χ3n) is 7.53. The molecule has 2 aliphatic heterocycles. The second-order valence-electron chi connectivity index (χ2n) is 9.73. The monoisotopic (exact) mass is 475 g/mol. The van der Waals surface area contributed by atoms with Crippen molar-refractivity contribution in [1.29, 1.82) is 0 Å². The maximum absolute atomic E-state index is 12.8. The van der Waals surface area contributed by atoms with Crippen LogP contribution in [0.3, 0.4) is 0 Å². The van der Waals surface area contributed by atoms with Gasteiger partial charge in [-0.3, -0.25) is 4.90 Å². The molecule has 184 valence electrons. The molecule has 4 heterocycles. The van der Waals surface area contributed by atoms with Crippen LogP contribution in [0.1, 0.15) is 49.1 Å². The van der Waals surface area contributed by atoms with Gasteiger partial charge in [0.1, 0.15) is 5.82 Å². The molecule has 0 radical (unpaired) electrons. The summed E-state index contributed by atoms with van der Waals surface area (Å²) in [4.78, 5) is 19.8. The number of likely N-dealkylation sites (N-methyl/N-ethyl adjacent to an activating group) is 1. The summed E-state index contributed by atoms with van der Waals surface area (Å²) in [5.41, 5.74) is 1.08. The Morgan fingerprint density at radius 2 is 1.56 bits per heavy atom. The molecule has 34 heavy (non-hydrogen) atoms. The number of hydrogen-bond acceptors (Lipinski definition) is 7. The van der Waals surface area contributed by atoms with Gasteiger partial charge in [0.05, 0.1) is 17.4 Å². The minimum Gasteiger partial charge on any atom is -0.356 e. The molecule has 0 amide bonds. The third kappa shape index (κ3) is 5.12. The molecule has 0 aromatic carbocycles. The standard InChI is InChI=1S/C24H32F3N7/c1-32-9-11-33(12-10-32)19-5-7-34(8-6-19)22-13-20(17-3-2-4-17)21(16-28-22)31-23-29-14-18(15-30-23)24(25,26)27/h13-17,19H,2-12H2,1H3,(H,29,30,31). The lowest BCUT2D eigenvalue weighted by atomic mass is 9.79. The highest BCUT2D eigenvalue weighted by molar-refractivity contribution is 5.62. The quantitative estimate of drug-likeness (QED) is 0.698. The van der Waals surface area contributed by atoms with E-state index in [-0.39, 0.29) is 5.95 Å². The van der Waals surface area contributed by atoms with E-state index >= 15 is 0 Å². The van der Waals surface area contributed by atoms with E-state index in [1.807, 2.05) is 0 Å². The highest BCUT2D eigenvalue weighted by Gasteiger charge is 2.32. The minimum absolute atomic E-state index is 0.149. The van der Waals surface area contributed by atoms with Gasteiger partial charge in [-0.05, 0) is 50.3 Å². The first-order chi connectivity index (χ1) is 16.4. The van der Waals surface area contributed by atoms with E-state index in [0.717, 1.165) is 94.4 Å². The lowest BCUT2D eigenvalue weighted by Crippen LogP contribution is -2.52. The average Bonchev–Trinajstić information content (AvgIpc) is 2.79. The van der Waals surface area contributed by atoms with Crippen LogP contribution >= 0.6 is 0 Å².